The van der Waals surface area contributed by atoms with Crippen LogP contribution in [0.15, 0.2) is 18.2 Å². The summed E-state index contributed by atoms with van der Waals surface area (Å²) in [6.07, 6.45) is 2.33. The lowest BCUT2D eigenvalue weighted by Gasteiger charge is -2.38. The Kier molecular flexibility index (Phi) is 2.49. The number of benzene rings is 1. The van der Waals surface area contributed by atoms with Crippen molar-refractivity contribution in [1.29, 1.82) is 0 Å². The van der Waals surface area contributed by atoms with Gasteiger partial charge in [0.15, 0.2) is 0 Å². The van der Waals surface area contributed by atoms with Crippen LogP contribution in [-0.4, -0.2) is 5.54 Å². The van der Waals surface area contributed by atoms with Gasteiger partial charge in [-0.1, -0.05) is 32.0 Å². The van der Waals surface area contributed by atoms with Crippen molar-refractivity contribution in [2.45, 2.75) is 52.0 Å². The molecule has 0 radical (unpaired) electrons. The van der Waals surface area contributed by atoms with Crippen LogP contribution in [0.4, 0.5) is 5.69 Å². The van der Waals surface area contributed by atoms with Crippen molar-refractivity contribution in [3.05, 3.63) is 29.3 Å². The highest BCUT2D eigenvalue weighted by atomic mass is 15.0. The van der Waals surface area contributed by atoms with Crippen molar-refractivity contribution in [3.63, 3.8) is 0 Å². The van der Waals surface area contributed by atoms with Crippen LogP contribution < -0.4 is 5.32 Å². The number of nitrogens with one attached hydrogen (secondary N) is 1. The lowest BCUT2D eigenvalue weighted by atomic mass is 9.80. The smallest absolute Gasteiger partial charge is 0.0412 e. The minimum absolute atomic E-state index is 0.234. The summed E-state index contributed by atoms with van der Waals surface area (Å²) in [5.41, 5.74) is 4.57. The first-order valence-electron chi connectivity index (χ1n) is 5.93. The number of rotatable bonds is 1. The molecular weight excluding hydrogens is 182 g/mol. The van der Waals surface area contributed by atoms with Gasteiger partial charge < -0.3 is 5.32 Å². The third-order valence-electron chi connectivity index (χ3n) is 3.37. The molecule has 0 fully saturated rings. The van der Waals surface area contributed by atoms with Gasteiger partial charge in [0.2, 0.25) is 0 Å². The average molecular weight is 203 g/mol. The van der Waals surface area contributed by atoms with Crippen molar-refractivity contribution in [2.75, 3.05) is 5.32 Å². The van der Waals surface area contributed by atoms with E-state index in [1.807, 2.05) is 0 Å². The lowest BCUT2D eigenvalue weighted by Crippen LogP contribution is -2.37. The number of hydrogen-bond acceptors (Lipinski definition) is 1. The summed E-state index contributed by atoms with van der Waals surface area (Å²) in [6.45, 7) is 9.14. The van der Waals surface area contributed by atoms with Gasteiger partial charge in [-0.15, -0.1) is 0 Å². The Morgan fingerprint density at radius 2 is 2.13 bits per heavy atom. The highest BCUT2D eigenvalue weighted by molar-refractivity contribution is 5.62. The van der Waals surface area contributed by atoms with Gasteiger partial charge in [0.25, 0.3) is 0 Å². The van der Waals surface area contributed by atoms with E-state index in [0.717, 1.165) is 6.42 Å². The van der Waals surface area contributed by atoms with Crippen LogP contribution >= 0.6 is 0 Å². The molecular formula is C14H21N. The Labute approximate surface area is 92.9 Å². The fraction of sp³-hybridized carbons (Fsp3) is 0.571. The van der Waals surface area contributed by atoms with E-state index >= 15 is 0 Å². The third-order valence-corrected chi connectivity index (χ3v) is 3.37. The molecule has 0 bridgehead atoms. The molecule has 1 aromatic rings. The van der Waals surface area contributed by atoms with Gasteiger partial charge >= 0.3 is 0 Å². The lowest BCUT2D eigenvalue weighted by molar-refractivity contribution is 0.453. The molecule has 0 saturated carbocycles. The molecule has 1 aliphatic rings. The standard InChI is InChI=1S/C14H21N/c1-5-11-7-6-8-12-10(2)9-14(3,4)15-13(11)12/h6-8,10,15H,5,9H2,1-4H3. The van der Waals surface area contributed by atoms with Crippen LogP contribution in [-0.2, 0) is 6.42 Å². The van der Waals surface area contributed by atoms with Crippen LogP contribution in [0.25, 0.3) is 0 Å². The number of fused-ring (bicyclic) bond motifs is 1. The summed E-state index contributed by atoms with van der Waals surface area (Å²) in [4.78, 5) is 0. The summed E-state index contributed by atoms with van der Waals surface area (Å²) in [5, 5.41) is 3.69. The minimum atomic E-state index is 0.234. The number of anilines is 1. The van der Waals surface area contributed by atoms with Crippen molar-refractivity contribution in [1.82, 2.24) is 0 Å². The second kappa shape index (κ2) is 3.55. The van der Waals surface area contributed by atoms with E-state index in [-0.39, 0.29) is 5.54 Å². The molecule has 0 saturated heterocycles. The SMILES string of the molecule is CCc1cccc2c1NC(C)(C)CC2C. The Hall–Kier alpha value is -0.980. The normalized spacial score (nSPS) is 23.1. The van der Waals surface area contributed by atoms with Crippen molar-refractivity contribution < 1.29 is 0 Å². The van der Waals surface area contributed by atoms with Crippen LogP contribution in [0.3, 0.4) is 0 Å². The largest absolute Gasteiger partial charge is 0.380 e. The van der Waals surface area contributed by atoms with E-state index in [1.54, 1.807) is 0 Å². The third kappa shape index (κ3) is 1.88. The topological polar surface area (TPSA) is 12.0 Å². The van der Waals surface area contributed by atoms with Gasteiger partial charge in [0.05, 0.1) is 0 Å². The molecule has 0 amide bonds. The molecule has 1 atom stereocenters. The van der Waals surface area contributed by atoms with Gasteiger partial charge in [-0.3, -0.25) is 0 Å². The zero-order valence-electron chi connectivity index (χ0n) is 10.2. The predicted octanol–water partition coefficient (Wildman–Crippen LogP) is 3.95. The van der Waals surface area contributed by atoms with E-state index in [9.17, 15) is 0 Å². The molecule has 1 aromatic carbocycles. The monoisotopic (exact) mass is 203 g/mol. The summed E-state index contributed by atoms with van der Waals surface area (Å²) in [5.74, 6) is 0.669. The molecule has 1 heteroatoms. The zero-order valence-corrected chi connectivity index (χ0v) is 10.2. The van der Waals surface area contributed by atoms with Crippen molar-refractivity contribution in [3.8, 4) is 0 Å². The molecule has 0 aliphatic carbocycles. The van der Waals surface area contributed by atoms with Gasteiger partial charge in [-0.05, 0) is 43.7 Å². The number of hydrogen-bond donors (Lipinski definition) is 1. The molecule has 1 heterocycles. The fourth-order valence-electron chi connectivity index (χ4n) is 2.74. The van der Waals surface area contributed by atoms with Crippen molar-refractivity contribution in [2.24, 2.45) is 0 Å². The van der Waals surface area contributed by atoms with E-state index < -0.39 is 0 Å². The second-order valence-electron chi connectivity index (χ2n) is 5.35. The predicted molar refractivity (Wildman–Crippen MR) is 66.6 cm³/mol. The van der Waals surface area contributed by atoms with Crippen LogP contribution in [0.1, 0.15) is 51.2 Å². The first-order valence-corrected chi connectivity index (χ1v) is 5.93. The summed E-state index contributed by atoms with van der Waals surface area (Å²) < 4.78 is 0. The van der Waals surface area contributed by atoms with E-state index in [4.69, 9.17) is 0 Å². The first kappa shape index (κ1) is 10.5. The zero-order chi connectivity index (χ0) is 11.1. The summed E-state index contributed by atoms with van der Waals surface area (Å²) in [7, 11) is 0. The van der Waals surface area contributed by atoms with Gasteiger partial charge in [-0.2, -0.15) is 0 Å². The quantitative estimate of drug-likeness (QED) is 0.728. The van der Waals surface area contributed by atoms with E-state index in [0.29, 0.717) is 5.92 Å². The van der Waals surface area contributed by atoms with Crippen LogP contribution in [0.5, 0.6) is 0 Å². The Bertz CT molecular complexity index is 366. The molecule has 0 aromatic heterocycles. The molecule has 1 nitrogen and oxygen atoms in total. The molecule has 1 unspecified atom stereocenters. The molecule has 15 heavy (non-hydrogen) atoms. The maximum Gasteiger partial charge on any atom is 0.0412 e. The average Bonchev–Trinajstić information content (AvgIpc) is 2.15. The highest BCUT2D eigenvalue weighted by Crippen LogP contribution is 2.40. The second-order valence-corrected chi connectivity index (χ2v) is 5.35. The molecule has 82 valence electrons. The summed E-state index contributed by atoms with van der Waals surface area (Å²) >= 11 is 0. The van der Waals surface area contributed by atoms with Crippen molar-refractivity contribution >= 4 is 5.69 Å². The molecule has 0 spiro atoms. The van der Waals surface area contributed by atoms with E-state index in [2.05, 4.69) is 51.2 Å². The first-order chi connectivity index (χ1) is 7.03. The highest BCUT2D eigenvalue weighted by Gasteiger charge is 2.29. The van der Waals surface area contributed by atoms with Gasteiger partial charge in [0, 0.05) is 11.2 Å². The van der Waals surface area contributed by atoms with E-state index in [1.165, 1.54) is 23.2 Å². The van der Waals surface area contributed by atoms with Crippen LogP contribution in [0.2, 0.25) is 0 Å². The number of aryl methyl sites for hydroxylation is 1. The molecule has 1 N–H and O–H groups in total. The minimum Gasteiger partial charge on any atom is -0.380 e. The number of para-hydroxylation sites is 1. The Morgan fingerprint density at radius 1 is 1.40 bits per heavy atom. The Balaban J connectivity index is 2.50. The molecule has 1 aliphatic heterocycles. The van der Waals surface area contributed by atoms with Gasteiger partial charge in [0.1, 0.15) is 0 Å². The maximum atomic E-state index is 3.69. The molecule has 2 rings (SSSR count). The summed E-state index contributed by atoms with van der Waals surface area (Å²) in [6, 6.07) is 6.69. The Morgan fingerprint density at radius 3 is 2.80 bits per heavy atom. The van der Waals surface area contributed by atoms with Crippen LogP contribution in [0, 0.1) is 0 Å². The van der Waals surface area contributed by atoms with Gasteiger partial charge in [-0.25, -0.2) is 0 Å². The maximum absolute atomic E-state index is 3.69. The fourth-order valence-corrected chi connectivity index (χ4v) is 2.74.